The predicted octanol–water partition coefficient (Wildman–Crippen LogP) is 3.93. The molecule has 0 aromatic carbocycles. The molecule has 1 fully saturated rings. The van der Waals surface area contributed by atoms with Crippen LogP contribution in [0.4, 0.5) is 0 Å². The molecule has 0 aliphatic heterocycles. The predicted molar refractivity (Wildman–Crippen MR) is 70.5 cm³/mol. The fourth-order valence-corrected chi connectivity index (χ4v) is 2.55. The molecule has 3 atom stereocenters. The van der Waals surface area contributed by atoms with Gasteiger partial charge in [-0.3, -0.25) is 0 Å². The number of hydrogen-bond donors (Lipinski definition) is 0. The summed E-state index contributed by atoms with van der Waals surface area (Å²) in [5.74, 6) is 0.749. The van der Waals surface area contributed by atoms with Crippen molar-refractivity contribution in [2.24, 2.45) is 17.3 Å². The monoisotopic (exact) mass is 235 g/mol. The first kappa shape index (κ1) is 14.3. The van der Waals surface area contributed by atoms with Gasteiger partial charge in [0.15, 0.2) is 0 Å². The maximum atomic E-state index is 9.16. The summed E-state index contributed by atoms with van der Waals surface area (Å²) in [7, 11) is 0. The molecule has 0 saturated heterocycles. The molecule has 1 aliphatic carbocycles. The zero-order chi connectivity index (χ0) is 12.9. The lowest BCUT2D eigenvalue weighted by Gasteiger charge is -2.39. The SMILES string of the molecule is C=CCCOC1CC(C(C)(C)C)CCC1C#N. The van der Waals surface area contributed by atoms with Crippen LogP contribution < -0.4 is 0 Å². The van der Waals surface area contributed by atoms with Crippen LogP contribution in [0.2, 0.25) is 0 Å². The van der Waals surface area contributed by atoms with Gasteiger partial charge < -0.3 is 4.74 Å². The van der Waals surface area contributed by atoms with Crippen LogP contribution in [-0.4, -0.2) is 12.7 Å². The Bertz CT molecular complexity index is 284. The van der Waals surface area contributed by atoms with Gasteiger partial charge in [0.1, 0.15) is 0 Å². The van der Waals surface area contributed by atoms with Crippen molar-refractivity contribution < 1.29 is 4.74 Å². The highest BCUT2D eigenvalue weighted by molar-refractivity contribution is 4.96. The molecule has 0 aromatic heterocycles. The second-order valence-corrected chi connectivity index (χ2v) is 6.10. The van der Waals surface area contributed by atoms with E-state index in [1.54, 1.807) is 0 Å². The second kappa shape index (κ2) is 6.21. The summed E-state index contributed by atoms with van der Waals surface area (Å²) in [6, 6.07) is 2.40. The maximum Gasteiger partial charge on any atom is 0.0736 e. The number of hydrogen-bond acceptors (Lipinski definition) is 2. The van der Waals surface area contributed by atoms with E-state index in [2.05, 4.69) is 33.4 Å². The minimum absolute atomic E-state index is 0.0819. The topological polar surface area (TPSA) is 33.0 Å². The average Bonchev–Trinajstić information content (AvgIpc) is 2.28. The molecule has 0 aromatic rings. The molecule has 2 nitrogen and oxygen atoms in total. The normalized spacial score (nSPS) is 29.6. The van der Waals surface area contributed by atoms with Gasteiger partial charge in [0.25, 0.3) is 0 Å². The van der Waals surface area contributed by atoms with Gasteiger partial charge in [0, 0.05) is 0 Å². The first-order chi connectivity index (χ1) is 7.99. The Kier molecular flexibility index (Phi) is 5.21. The van der Waals surface area contributed by atoms with Crippen LogP contribution in [0.1, 0.15) is 46.5 Å². The minimum Gasteiger partial charge on any atom is -0.377 e. The summed E-state index contributed by atoms with van der Waals surface area (Å²) >= 11 is 0. The van der Waals surface area contributed by atoms with Gasteiger partial charge >= 0.3 is 0 Å². The van der Waals surface area contributed by atoms with E-state index in [0.29, 0.717) is 17.9 Å². The summed E-state index contributed by atoms with van der Waals surface area (Å²) in [4.78, 5) is 0. The first-order valence-electron chi connectivity index (χ1n) is 6.61. The van der Waals surface area contributed by atoms with E-state index in [9.17, 15) is 0 Å². The Hall–Kier alpha value is -0.810. The fraction of sp³-hybridized carbons (Fsp3) is 0.800. The number of nitriles is 1. The van der Waals surface area contributed by atoms with E-state index in [0.717, 1.165) is 25.7 Å². The van der Waals surface area contributed by atoms with Crippen LogP contribution in [0.3, 0.4) is 0 Å². The molecule has 3 unspecified atom stereocenters. The van der Waals surface area contributed by atoms with Crippen molar-refractivity contribution in [1.29, 1.82) is 5.26 Å². The largest absolute Gasteiger partial charge is 0.377 e. The van der Waals surface area contributed by atoms with Crippen LogP contribution in [0.15, 0.2) is 12.7 Å². The van der Waals surface area contributed by atoms with Crippen LogP contribution in [0.25, 0.3) is 0 Å². The quantitative estimate of drug-likeness (QED) is 0.546. The smallest absolute Gasteiger partial charge is 0.0736 e. The van der Waals surface area contributed by atoms with Gasteiger partial charge in [-0.1, -0.05) is 26.8 Å². The van der Waals surface area contributed by atoms with Crippen LogP contribution in [0, 0.1) is 28.6 Å². The molecule has 0 spiro atoms. The Morgan fingerprint density at radius 3 is 2.65 bits per heavy atom. The molecule has 96 valence electrons. The molecule has 17 heavy (non-hydrogen) atoms. The van der Waals surface area contributed by atoms with Gasteiger partial charge in [-0.2, -0.15) is 5.26 Å². The summed E-state index contributed by atoms with van der Waals surface area (Å²) in [5.41, 5.74) is 0.320. The summed E-state index contributed by atoms with van der Waals surface area (Å²) in [5, 5.41) is 9.16. The lowest BCUT2D eigenvalue weighted by molar-refractivity contribution is -0.0260. The lowest BCUT2D eigenvalue weighted by Crippen LogP contribution is -2.36. The first-order valence-corrected chi connectivity index (χ1v) is 6.61. The van der Waals surface area contributed by atoms with Crippen molar-refractivity contribution in [2.45, 2.75) is 52.6 Å². The standard InChI is InChI=1S/C15H25NO/c1-5-6-9-17-14-10-13(15(2,3)4)8-7-12(14)11-16/h5,12-14H,1,6-10H2,2-4H3. The fourth-order valence-electron chi connectivity index (χ4n) is 2.55. The number of rotatable bonds is 4. The molecule has 1 rings (SSSR count). The van der Waals surface area contributed by atoms with Crippen LogP contribution in [-0.2, 0) is 4.74 Å². The van der Waals surface area contributed by atoms with E-state index < -0.39 is 0 Å². The molecule has 0 heterocycles. The summed E-state index contributed by atoms with van der Waals surface area (Å²) in [6.45, 7) is 11.2. The molecule has 0 radical (unpaired) electrons. The highest BCUT2D eigenvalue weighted by Crippen LogP contribution is 2.40. The Labute approximate surface area is 106 Å². The summed E-state index contributed by atoms with van der Waals surface area (Å²) in [6.07, 6.45) is 6.03. The number of ether oxygens (including phenoxy) is 1. The molecule has 0 N–H and O–H groups in total. The Balaban J connectivity index is 2.56. The van der Waals surface area contributed by atoms with E-state index in [1.807, 2.05) is 6.08 Å². The Morgan fingerprint density at radius 2 is 2.12 bits per heavy atom. The Morgan fingerprint density at radius 1 is 1.41 bits per heavy atom. The lowest BCUT2D eigenvalue weighted by atomic mass is 9.69. The van der Waals surface area contributed by atoms with E-state index in [1.165, 1.54) is 0 Å². The molecule has 0 amide bonds. The zero-order valence-electron chi connectivity index (χ0n) is 11.4. The number of nitrogens with zero attached hydrogens (tertiary/aromatic N) is 1. The average molecular weight is 235 g/mol. The van der Waals surface area contributed by atoms with E-state index in [4.69, 9.17) is 10.00 Å². The van der Waals surface area contributed by atoms with Gasteiger partial charge in [0.05, 0.1) is 24.7 Å². The van der Waals surface area contributed by atoms with Crippen molar-refractivity contribution in [3.8, 4) is 6.07 Å². The third-order valence-electron chi connectivity index (χ3n) is 3.84. The van der Waals surface area contributed by atoms with Gasteiger partial charge in [-0.05, 0) is 37.0 Å². The zero-order valence-corrected chi connectivity index (χ0v) is 11.4. The van der Waals surface area contributed by atoms with Gasteiger partial charge in [-0.25, -0.2) is 0 Å². The highest BCUT2D eigenvalue weighted by atomic mass is 16.5. The van der Waals surface area contributed by atoms with Crippen molar-refractivity contribution in [2.75, 3.05) is 6.61 Å². The van der Waals surface area contributed by atoms with Crippen molar-refractivity contribution in [1.82, 2.24) is 0 Å². The molecular formula is C15H25NO. The third-order valence-corrected chi connectivity index (χ3v) is 3.84. The van der Waals surface area contributed by atoms with E-state index >= 15 is 0 Å². The molecule has 0 bridgehead atoms. The summed E-state index contributed by atoms with van der Waals surface area (Å²) < 4.78 is 5.86. The maximum absolute atomic E-state index is 9.16. The molecule has 1 saturated carbocycles. The van der Waals surface area contributed by atoms with Crippen LogP contribution in [0.5, 0.6) is 0 Å². The van der Waals surface area contributed by atoms with Crippen molar-refractivity contribution in [3.63, 3.8) is 0 Å². The third kappa shape index (κ3) is 4.16. The van der Waals surface area contributed by atoms with Crippen molar-refractivity contribution in [3.05, 3.63) is 12.7 Å². The van der Waals surface area contributed by atoms with Crippen molar-refractivity contribution >= 4 is 0 Å². The molecule has 2 heteroatoms. The second-order valence-electron chi connectivity index (χ2n) is 6.10. The highest BCUT2D eigenvalue weighted by Gasteiger charge is 2.36. The van der Waals surface area contributed by atoms with Crippen LogP contribution >= 0.6 is 0 Å². The molecular weight excluding hydrogens is 210 g/mol. The minimum atomic E-state index is 0.0819. The van der Waals surface area contributed by atoms with Gasteiger partial charge in [-0.15, -0.1) is 6.58 Å². The molecule has 1 aliphatic rings. The van der Waals surface area contributed by atoms with Gasteiger partial charge in [0.2, 0.25) is 0 Å². The van der Waals surface area contributed by atoms with E-state index in [-0.39, 0.29) is 12.0 Å².